The van der Waals surface area contributed by atoms with E-state index in [-0.39, 0.29) is 0 Å². The van der Waals surface area contributed by atoms with Crippen molar-refractivity contribution in [3.63, 3.8) is 0 Å². The fourth-order valence-corrected chi connectivity index (χ4v) is 2.42. The molecule has 4 nitrogen and oxygen atoms in total. The zero-order valence-corrected chi connectivity index (χ0v) is 12.5. The van der Waals surface area contributed by atoms with Crippen molar-refractivity contribution >= 4 is 17.1 Å². The third-order valence-electron chi connectivity index (χ3n) is 3.39. The molecule has 4 heteroatoms. The van der Waals surface area contributed by atoms with Gasteiger partial charge in [0, 0.05) is 23.4 Å². The molecule has 1 aliphatic heterocycles. The van der Waals surface area contributed by atoms with E-state index in [1.165, 1.54) is 0 Å². The minimum absolute atomic E-state index is 0.673. The molecule has 2 aromatic rings. The number of benzene rings is 2. The Morgan fingerprint density at radius 1 is 0.952 bits per heavy atom. The average Bonchev–Trinajstić information content (AvgIpc) is 2.55. The van der Waals surface area contributed by atoms with Crippen molar-refractivity contribution in [3.8, 4) is 0 Å². The molecule has 0 radical (unpaired) electrons. The van der Waals surface area contributed by atoms with Crippen molar-refractivity contribution < 1.29 is 0 Å². The highest BCUT2D eigenvalue weighted by molar-refractivity contribution is 5.93. The van der Waals surface area contributed by atoms with Crippen molar-refractivity contribution in [1.82, 2.24) is 5.43 Å². The van der Waals surface area contributed by atoms with E-state index in [4.69, 9.17) is 11.6 Å². The summed E-state index contributed by atoms with van der Waals surface area (Å²) in [4.78, 5) is 0. The predicted molar refractivity (Wildman–Crippen MR) is 89.9 cm³/mol. The van der Waals surface area contributed by atoms with E-state index in [0.29, 0.717) is 5.70 Å². The Morgan fingerprint density at radius 2 is 1.57 bits per heavy atom. The van der Waals surface area contributed by atoms with Crippen LogP contribution in [0, 0.1) is 0 Å². The number of hydrazine groups is 1. The standard InChI is InChI=1S/C15H16N4.C2H6/c16-14-11-6-2-1-5-10(11)9-18-13-8-4-3-7-12(13)15(14)19-17;1-2/h1-8,18-19H,9,16-17H2;1-2H3/b15-14-;. The van der Waals surface area contributed by atoms with E-state index in [2.05, 4.69) is 16.8 Å². The van der Waals surface area contributed by atoms with Crippen LogP contribution < -0.4 is 22.3 Å². The quantitative estimate of drug-likeness (QED) is 0.479. The Balaban J connectivity index is 0.000000774. The molecule has 0 amide bonds. The van der Waals surface area contributed by atoms with Crippen molar-refractivity contribution in [2.75, 3.05) is 5.32 Å². The fraction of sp³-hybridized carbons (Fsp3) is 0.176. The topological polar surface area (TPSA) is 76.1 Å². The highest BCUT2D eigenvalue weighted by Gasteiger charge is 2.16. The summed E-state index contributed by atoms with van der Waals surface area (Å²) in [6, 6.07) is 16.0. The van der Waals surface area contributed by atoms with E-state index in [1.54, 1.807) is 0 Å². The minimum atomic E-state index is 0.673. The molecule has 0 aliphatic carbocycles. The normalized spacial score (nSPS) is 16.1. The number of para-hydroxylation sites is 1. The van der Waals surface area contributed by atoms with Crippen LogP contribution in [0.3, 0.4) is 0 Å². The molecule has 6 N–H and O–H groups in total. The first-order valence-corrected chi connectivity index (χ1v) is 7.19. The summed E-state index contributed by atoms with van der Waals surface area (Å²) in [6.45, 7) is 4.74. The van der Waals surface area contributed by atoms with Gasteiger partial charge in [-0.05, 0) is 11.6 Å². The van der Waals surface area contributed by atoms with E-state index in [0.717, 1.165) is 34.6 Å². The molecule has 21 heavy (non-hydrogen) atoms. The first-order valence-electron chi connectivity index (χ1n) is 7.19. The Kier molecular flexibility index (Phi) is 4.85. The second-order valence-electron chi connectivity index (χ2n) is 4.49. The molecule has 0 aromatic heterocycles. The molecule has 0 atom stereocenters. The van der Waals surface area contributed by atoms with Gasteiger partial charge in [0.25, 0.3) is 0 Å². The van der Waals surface area contributed by atoms with Crippen LogP contribution in [0.15, 0.2) is 48.5 Å². The number of anilines is 1. The second kappa shape index (κ2) is 6.81. The van der Waals surface area contributed by atoms with Gasteiger partial charge >= 0.3 is 0 Å². The van der Waals surface area contributed by atoms with Gasteiger partial charge in [0.1, 0.15) is 0 Å². The van der Waals surface area contributed by atoms with Gasteiger partial charge in [-0.15, -0.1) is 0 Å². The maximum Gasteiger partial charge on any atom is 0.0816 e. The lowest BCUT2D eigenvalue weighted by atomic mass is 9.97. The molecule has 1 aliphatic rings. The van der Waals surface area contributed by atoms with Crippen LogP contribution in [0.25, 0.3) is 11.4 Å². The van der Waals surface area contributed by atoms with Crippen LogP contribution in [0.4, 0.5) is 5.69 Å². The van der Waals surface area contributed by atoms with Gasteiger partial charge < -0.3 is 16.5 Å². The lowest BCUT2D eigenvalue weighted by Crippen LogP contribution is -2.25. The third kappa shape index (κ3) is 2.85. The Hall–Kier alpha value is -2.46. The molecule has 110 valence electrons. The number of fused-ring (bicyclic) bond motifs is 2. The molecule has 0 saturated carbocycles. The molecule has 3 rings (SSSR count). The number of hydrogen-bond acceptors (Lipinski definition) is 4. The Labute approximate surface area is 125 Å². The van der Waals surface area contributed by atoms with Gasteiger partial charge in [0.15, 0.2) is 0 Å². The van der Waals surface area contributed by atoms with Gasteiger partial charge in [-0.25, -0.2) is 0 Å². The van der Waals surface area contributed by atoms with Gasteiger partial charge in [0.2, 0.25) is 0 Å². The zero-order valence-electron chi connectivity index (χ0n) is 12.5. The van der Waals surface area contributed by atoms with E-state index >= 15 is 0 Å². The molecule has 0 bridgehead atoms. The molecule has 2 aromatic carbocycles. The predicted octanol–water partition coefficient (Wildman–Crippen LogP) is 2.89. The minimum Gasteiger partial charge on any atom is -0.396 e. The molecule has 0 unspecified atom stereocenters. The number of nitrogens with two attached hydrogens (primary N) is 2. The largest absolute Gasteiger partial charge is 0.396 e. The van der Waals surface area contributed by atoms with Crippen LogP contribution in [-0.4, -0.2) is 0 Å². The molecular formula is C17H22N4. The number of nitrogens with one attached hydrogen (secondary N) is 2. The van der Waals surface area contributed by atoms with Gasteiger partial charge in [-0.1, -0.05) is 56.3 Å². The Morgan fingerprint density at radius 3 is 2.29 bits per heavy atom. The molecule has 1 heterocycles. The SMILES string of the molecule is CC.NN/C1=C(\N)c2ccccc2CNc2ccccc21. The lowest BCUT2D eigenvalue weighted by Gasteiger charge is -2.22. The zero-order chi connectivity index (χ0) is 15.2. The van der Waals surface area contributed by atoms with Crippen LogP contribution in [-0.2, 0) is 6.54 Å². The second-order valence-corrected chi connectivity index (χ2v) is 4.49. The average molecular weight is 282 g/mol. The summed E-state index contributed by atoms with van der Waals surface area (Å²) in [5.41, 5.74) is 14.6. The van der Waals surface area contributed by atoms with Gasteiger partial charge in [0.05, 0.1) is 11.4 Å². The molecule has 0 saturated heterocycles. The number of rotatable bonds is 1. The van der Waals surface area contributed by atoms with Crippen LogP contribution in [0.5, 0.6) is 0 Å². The van der Waals surface area contributed by atoms with Crippen molar-refractivity contribution in [1.29, 1.82) is 0 Å². The molecule has 0 fully saturated rings. The lowest BCUT2D eigenvalue weighted by molar-refractivity contribution is 0.984. The summed E-state index contributed by atoms with van der Waals surface area (Å²) < 4.78 is 0. The number of hydrogen-bond donors (Lipinski definition) is 4. The van der Waals surface area contributed by atoms with Crippen LogP contribution >= 0.6 is 0 Å². The highest BCUT2D eigenvalue weighted by Crippen LogP contribution is 2.30. The fourth-order valence-electron chi connectivity index (χ4n) is 2.42. The summed E-state index contributed by atoms with van der Waals surface area (Å²) in [6.07, 6.45) is 0. The van der Waals surface area contributed by atoms with E-state index in [1.807, 2.05) is 56.3 Å². The molecule has 0 spiro atoms. The summed E-state index contributed by atoms with van der Waals surface area (Å²) in [5, 5.41) is 3.42. The van der Waals surface area contributed by atoms with E-state index in [9.17, 15) is 0 Å². The Bertz CT molecular complexity index is 647. The smallest absolute Gasteiger partial charge is 0.0816 e. The summed E-state index contributed by atoms with van der Waals surface area (Å²) in [7, 11) is 0. The summed E-state index contributed by atoms with van der Waals surface area (Å²) in [5.74, 6) is 5.67. The maximum atomic E-state index is 6.29. The van der Waals surface area contributed by atoms with E-state index < -0.39 is 0 Å². The van der Waals surface area contributed by atoms with Crippen molar-refractivity contribution in [3.05, 3.63) is 65.2 Å². The molecular weight excluding hydrogens is 260 g/mol. The highest BCUT2D eigenvalue weighted by atomic mass is 15.2. The first-order chi connectivity index (χ1) is 10.3. The van der Waals surface area contributed by atoms with Crippen molar-refractivity contribution in [2.24, 2.45) is 11.6 Å². The van der Waals surface area contributed by atoms with Crippen LogP contribution in [0.1, 0.15) is 30.5 Å². The monoisotopic (exact) mass is 282 g/mol. The van der Waals surface area contributed by atoms with Gasteiger partial charge in [-0.3, -0.25) is 5.84 Å². The van der Waals surface area contributed by atoms with Crippen LogP contribution in [0.2, 0.25) is 0 Å². The third-order valence-corrected chi connectivity index (χ3v) is 3.39. The van der Waals surface area contributed by atoms with Gasteiger partial charge in [-0.2, -0.15) is 0 Å². The van der Waals surface area contributed by atoms with Crippen molar-refractivity contribution in [2.45, 2.75) is 20.4 Å². The maximum absolute atomic E-state index is 6.29. The summed E-state index contributed by atoms with van der Waals surface area (Å²) >= 11 is 0. The first kappa shape index (κ1) is 14.9.